The molecule has 0 aromatic heterocycles. The first-order valence-corrected chi connectivity index (χ1v) is 31.3. The third-order valence-corrected chi connectivity index (χ3v) is 14.9. The molecule has 0 saturated heterocycles. The second-order valence-electron chi connectivity index (χ2n) is 24.4. The van der Waals surface area contributed by atoms with Crippen molar-refractivity contribution < 1.29 is 29.2 Å². The van der Waals surface area contributed by atoms with Crippen molar-refractivity contribution >= 4 is 0 Å². The zero-order valence-corrected chi connectivity index (χ0v) is 54.8. The van der Waals surface area contributed by atoms with Gasteiger partial charge in [0.25, 0.3) is 5.95 Å². The normalized spacial score (nSPS) is 17.5. The second kappa shape index (κ2) is 43.9. The minimum atomic E-state index is 0.0463. The minimum absolute atomic E-state index is 0.0463. The van der Waals surface area contributed by atoms with Crippen LogP contribution in [0.4, 0.5) is 0 Å². The number of benzene rings is 4. The summed E-state index contributed by atoms with van der Waals surface area (Å²) in [5.74, 6) is 6.54. The average Bonchev–Trinajstić information content (AvgIpc) is 4.57. The van der Waals surface area contributed by atoms with E-state index < -0.39 is 0 Å². The van der Waals surface area contributed by atoms with Crippen LogP contribution in [0.5, 0.6) is 23.0 Å². The van der Waals surface area contributed by atoms with Crippen molar-refractivity contribution in [1.29, 1.82) is 0 Å². The highest BCUT2D eigenvalue weighted by Gasteiger charge is 2.17. The van der Waals surface area contributed by atoms with Crippen LogP contribution >= 0.6 is 0 Å². The lowest BCUT2D eigenvalue weighted by Crippen LogP contribution is -2.04. The van der Waals surface area contributed by atoms with Gasteiger partial charge in [-0.1, -0.05) is 246 Å². The average molecular weight is 1160 g/mol. The van der Waals surface area contributed by atoms with E-state index in [0.717, 1.165) is 71.2 Å². The quantitative estimate of drug-likeness (QED) is 0.195. The lowest BCUT2D eigenvalue weighted by atomic mass is 9.88. The first-order valence-electron chi connectivity index (χ1n) is 31.3. The third kappa shape index (κ3) is 37.4. The second-order valence-corrected chi connectivity index (χ2v) is 24.4. The summed E-state index contributed by atoms with van der Waals surface area (Å²) in [4.78, 5) is 0. The van der Waals surface area contributed by atoms with Crippen molar-refractivity contribution in [3.8, 4) is 23.0 Å². The van der Waals surface area contributed by atoms with Crippen LogP contribution in [0.1, 0.15) is 180 Å². The molecule has 0 amide bonds. The van der Waals surface area contributed by atoms with Crippen molar-refractivity contribution in [2.75, 3.05) is 20.0 Å². The molecule has 0 radical (unpaired) electrons. The molecular formula is C79H112O6. The van der Waals surface area contributed by atoms with E-state index in [1.165, 1.54) is 146 Å². The molecule has 464 valence electrons. The number of allylic oxidation sites excluding steroid dienone is 13. The molecule has 1 unspecified atom stereocenters. The fraction of sp³-hybridized carbons (Fsp3) is 0.443. The van der Waals surface area contributed by atoms with Crippen LogP contribution in [0.2, 0.25) is 0 Å². The van der Waals surface area contributed by atoms with Gasteiger partial charge in [-0.2, -0.15) is 0 Å². The Balaban J connectivity index is 0.000000321. The van der Waals surface area contributed by atoms with Gasteiger partial charge in [-0.15, -0.1) is 0 Å². The maximum Gasteiger partial charge on any atom is 0.282 e. The molecule has 3 fully saturated rings. The summed E-state index contributed by atoms with van der Waals surface area (Å²) in [6, 6.07) is 32.2. The highest BCUT2D eigenvalue weighted by Crippen LogP contribution is 2.36. The Kier molecular flexibility index (Phi) is 38.5. The Bertz CT molecular complexity index is 2670. The first kappa shape index (κ1) is 74.5. The number of aryl methyl sites for hydroxylation is 4. The lowest BCUT2D eigenvalue weighted by Gasteiger charge is -2.18. The van der Waals surface area contributed by atoms with Crippen LogP contribution in [0.25, 0.3) is 0 Å². The van der Waals surface area contributed by atoms with Crippen molar-refractivity contribution in [1.82, 2.24) is 0 Å². The summed E-state index contributed by atoms with van der Waals surface area (Å²) in [5.41, 5.74) is 16.1. The largest absolute Gasteiger partial charge is 0.454 e. The summed E-state index contributed by atoms with van der Waals surface area (Å²) in [7, 11) is 0. The minimum Gasteiger partial charge on any atom is -0.454 e. The van der Waals surface area contributed by atoms with Crippen LogP contribution < -0.4 is 18.9 Å². The Morgan fingerprint density at radius 3 is 1.31 bits per heavy atom. The van der Waals surface area contributed by atoms with E-state index >= 15 is 0 Å². The van der Waals surface area contributed by atoms with E-state index in [4.69, 9.17) is 29.2 Å². The van der Waals surface area contributed by atoms with Crippen LogP contribution in [0.15, 0.2) is 217 Å². The molecule has 12 rings (SSSR count). The Hall–Kier alpha value is -6.60. The van der Waals surface area contributed by atoms with Gasteiger partial charge < -0.3 is 29.2 Å². The molecule has 1 atom stereocenters. The highest BCUT2D eigenvalue weighted by atomic mass is 16.7. The van der Waals surface area contributed by atoms with Crippen LogP contribution in [0, 0.1) is 51.4 Å². The molecule has 4 aromatic carbocycles. The number of aliphatic hydroxyl groups is 2. The standard InChI is InChI=1S/C9H8O2.C8H8O2.C8H14.C8H12.C7H12.C7H10.C7H8.C7H14.2C7H8.C4H10O2/c1-6-3-4-8-9(5-6)11-7(2)10-8;1-6-2-3-7-8(4-6)10-5-9-7;2*1-7-3-5-8(2)6-4-7;3*1-6-3-4-7(2)5-6;3*1-7-5-3-2-4-6-7;1-4(2-5)3-6/h3-5H,2H2,1H3;2-4H,5H2,1H3;8H,1,3-6H2,2H3;5H,1,3-4,6H2,2H3;7H,1,3-5H2,2H3;4H,1,3,5H2,2H3;3-5H,1H2,2H3;7H,2-6H2,1H3;2*2-6H,1H3;4-6H,2-3H2,1H3. The van der Waals surface area contributed by atoms with E-state index in [2.05, 4.69) is 143 Å². The number of ether oxygens (including phenoxy) is 4. The van der Waals surface area contributed by atoms with Gasteiger partial charge in [0.15, 0.2) is 23.0 Å². The Labute approximate surface area is 518 Å². The zero-order valence-electron chi connectivity index (χ0n) is 54.8. The number of hydrogen-bond donors (Lipinski definition) is 2. The summed E-state index contributed by atoms with van der Waals surface area (Å²) >= 11 is 0. The van der Waals surface area contributed by atoms with Crippen LogP contribution in [-0.4, -0.2) is 30.2 Å². The SMILES string of the molecule is C=C1C=CC(C)=C1.C=C1CC=C(C)C1.C=C1CC=C(C)CC1.C=C1CCC(C)C1.C=C1CCC(C)CC1.C=C1Oc2ccc(C)cc2O1.CC(CO)CO.CC1CCCCC1.Cc1ccc2c(c1)OCO2.Cc1ccccc1.Cc1ccccc1. The maximum absolute atomic E-state index is 8.17. The van der Waals surface area contributed by atoms with E-state index in [1.807, 2.05) is 92.7 Å². The molecule has 8 aliphatic rings. The van der Waals surface area contributed by atoms with E-state index in [1.54, 1.807) is 6.92 Å². The van der Waals surface area contributed by atoms with Gasteiger partial charge in [0, 0.05) is 19.1 Å². The molecule has 4 aromatic rings. The molecule has 2 N–H and O–H groups in total. The van der Waals surface area contributed by atoms with Crippen molar-refractivity contribution in [3.63, 3.8) is 0 Å². The predicted octanol–water partition coefficient (Wildman–Crippen LogP) is 22.3. The first-order chi connectivity index (χ1) is 40.5. The molecule has 2 heterocycles. The van der Waals surface area contributed by atoms with Crippen molar-refractivity contribution in [3.05, 3.63) is 240 Å². The van der Waals surface area contributed by atoms with E-state index in [0.29, 0.717) is 12.7 Å². The number of fused-ring (bicyclic) bond motifs is 2. The highest BCUT2D eigenvalue weighted by molar-refractivity contribution is 5.47. The van der Waals surface area contributed by atoms with Gasteiger partial charge in [-0.05, 0) is 191 Å². The summed E-state index contributed by atoms with van der Waals surface area (Å²) in [6.45, 7) is 46.8. The number of hydrogen-bond acceptors (Lipinski definition) is 6. The molecule has 0 bridgehead atoms. The molecule has 85 heavy (non-hydrogen) atoms. The van der Waals surface area contributed by atoms with Crippen molar-refractivity contribution in [2.45, 2.75) is 185 Å². The van der Waals surface area contributed by atoms with Gasteiger partial charge in [-0.3, -0.25) is 0 Å². The molecule has 6 aliphatic carbocycles. The van der Waals surface area contributed by atoms with Gasteiger partial charge in [0.1, 0.15) is 0 Å². The van der Waals surface area contributed by atoms with Gasteiger partial charge in [0.05, 0.1) is 0 Å². The number of aliphatic hydroxyl groups excluding tert-OH is 2. The lowest BCUT2D eigenvalue weighted by molar-refractivity contribution is 0.162. The Morgan fingerprint density at radius 2 is 0.965 bits per heavy atom. The zero-order chi connectivity index (χ0) is 62.9. The van der Waals surface area contributed by atoms with Crippen LogP contribution in [-0.2, 0) is 0 Å². The van der Waals surface area contributed by atoms with Gasteiger partial charge >= 0.3 is 0 Å². The summed E-state index contributed by atoms with van der Waals surface area (Å²) in [6.07, 6.45) is 33.1. The molecule has 6 nitrogen and oxygen atoms in total. The molecular weight excluding hydrogens is 1040 g/mol. The maximum atomic E-state index is 8.17. The molecule has 2 aliphatic heterocycles. The predicted molar refractivity (Wildman–Crippen MR) is 367 cm³/mol. The fourth-order valence-corrected chi connectivity index (χ4v) is 9.18. The monoisotopic (exact) mass is 1160 g/mol. The Morgan fingerprint density at radius 1 is 0.471 bits per heavy atom. The topological polar surface area (TPSA) is 77.4 Å². The summed E-state index contributed by atoms with van der Waals surface area (Å²) < 4.78 is 20.6. The van der Waals surface area contributed by atoms with E-state index in [9.17, 15) is 0 Å². The molecule has 3 saturated carbocycles. The van der Waals surface area contributed by atoms with Gasteiger partial charge in [-0.25, -0.2) is 0 Å². The third-order valence-electron chi connectivity index (χ3n) is 14.9. The van der Waals surface area contributed by atoms with Gasteiger partial charge in [0.2, 0.25) is 6.79 Å². The smallest absolute Gasteiger partial charge is 0.282 e. The fourth-order valence-electron chi connectivity index (χ4n) is 9.18. The van der Waals surface area contributed by atoms with Crippen molar-refractivity contribution in [2.24, 2.45) is 23.7 Å². The van der Waals surface area contributed by atoms with Crippen LogP contribution in [0.3, 0.4) is 0 Å². The molecule has 0 spiro atoms. The molecule has 6 heteroatoms. The van der Waals surface area contributed by atoms with E-state index in [-0.39, 0.29) is 19.1 Å². The number of rotatable bonds is 2. The summed E-state index contributed by atoms with van der Waals surface area (Å²) in [5, 5.41) is 16.3.